The Morgan fingerprint density at radius 2 is 1.33 bits per heavy atom. The number of carboxylic acid groups (broad SMARTS) is 1. The monoisotopic (exact) mass is 212 g/mol. The quantitative estimate of drug-likeness (QED) is 0.646. The average molecular weight is 212 g/mol. The molecule has 4 aliphatic carbocycles. The lowest BCUT2D eigenvalue weighted by Crippen LogP contribution is -2.50. The first-order chi connectivity index (χ1) is 6.97. The molecular formula is C12H20O3. The van der Waals surface area contributed by atoms with E-state index in [-0.39, 0.29) is 5.60 Å². The topological polar surface area (TPSA) is 57.5 Å². The van der Waals surface area contributed by atoms with Crippen molar-refractivity contribution in [3.63, 3.8) is 0 Å². The van der Waals surface area contributed by atoms with Crippen LogP contribution in [0.5, 0.6) is 0 Å². The largest absolute Gasteiger partial charge is 0.481 e. The van der Waals surface area contributed by atoms with Gasteiger partial charge in [0.05, 0.1) is 5.60 Å². The van der Waals surface area contributed by atoms with Crippen LogP contribution < -0.4 is 0 Å². The van der Waals surface area contributed by atoms with Crippen molar-refractivity contribution in [1.29, 1.82) is 0 Å². The molecule has 0 aliphatic heterocycles. The van der Waals surface area contributed by atoms with Gasteiger partial charge in [-0.3, -0.25) is 4.79 Å². The second-order valence-electron chi connectivity index (χ2n) is 5.66. The second-order valence-corrected chi connectivity index (χ2v) is 5.66. The van der Waals surface area contributed by atoms with Gasteiger partial charge in [0.25, 0.3) is 5.97 Å². The third-order valence-electron chi connectivity index (χ3n) is 4.01. The van der Waals surface area contributed by atoms with E-state index in [0.29, 0.717) is 0 Å². The summed E-state index contributed by atoms with van der Waals surface area (Å²) in [5, 5.41) is 17.5. The fourth-order valence-corrected chi connectivity index (χ4v) is 4.06. The predicted octanol–water partition coefficient (Wildman–Crippen LogP) is 2.04. The van der Waals surface area contributed by atoms with Gasteiger partial charge in [0.2, 0.25) is 0 Å². The molecule has 4 aliphatic rings. The third-order valence-corrected chi connectivity index (χ3v) is 4.01. The van der Waals surface area contributed by atoms with E-state index in [2.05, 4.69) is 0 Å². The van der Waals surface area contributed by atoms with Crippen LogP contribution in [0.25, 0.3) is 0 Å². The molecule has 86 valence electrons. The van der Waals surface area contributed by atoms with Crippen LogP contribution in [0.2, 0.25) is 0 Å². The van der Waals surface area contributed by atoms with Crippen LogP contribution in [0.4, 0.5) is 0 Å². The Balaban J connectivity index is 0.000000188. The number of hydrogen-bond donors (Lipinski definition) is 2. The van der Waals surface area contributed by atoms with Crippen molar-refractivity contribution in [2.45, 2.75) is 51.0 Å². The molecule has 3 heteroatoms. The zero-order valence-electron chi connectivity index (χ0n) is 9.28. The molecule has 3 nitrogen and oxygen atoms in total. The highest BCUT2D eigenvalue weighted by atomic mass is 16.4. The summed E-state index contributed by atoms with van der Waals surface area (Å²) in [6, 6.07) is 0. The highest BCUT2D eigenvalue weighted by Crippen LogP contribution is 2.55. The van der Waals surface area contributed by atoms with E-state index in [1.165, 1.54) is 19.3 Å². The molecule has 0 amide bonds. The smallest absolute Gasteiger partial charge is 0.300 e. The standard InChI is InChI=1S/C10H16O.C2H4O2/c11-10-4-7-1-8(5-10)3-9(2-7)6-10;1-2(3)4/h7-9,11H,1-6H2;1H3,(H,3,4). The fraction of sp³-hybridized carbons (Fsp3) is 0.917. The number of carbonyl (C=O) groups is 1. The van der Waals surface area contributed by atoms with E-state index in [1.54, 1.807) is 0 Å². The first-order valence-electron chi connectivity index (χ1n) is 5.89. The molecule has 4 fully saturated rings. The minimum atomic E-state index is -0.833. The number of hydrogen-bond acceptors (Lipinski definition) is 2. The van der Waals surface area contributed by atoms with Gasteiger partial charge in [-0.15, -0.1) is 0 Å². The summed E-state index contributed by atoms with van der Waals surface area (Å²) in [4.78, 5) is 9.00. The van der Waals surface area contributed by atoms with Gasteiger partial charge in [0.15, 0.2) is 0 Å². The Morgan fingerprint density at radius 3 is 1.53 bits per heavy atom. The van der Waals surface area contributed by atoms with Gasteiger partial charge < -0.3 is 10.2 Å². The molecule has 0 saturated heterocycles. The van der Waals surface area contributed by atoms with Gasteiger partial charge >= 0.3 is 0 Å². The summed E-state index contributed by atoms with van der Waals surface area (Å²) in [7, 11) is 0. The van der Waals surface area contributed by atoms with Crippen LogP contribution in [-0.4, -0.2) is 21.8 Å². The van der Waals surface area contributed by atoms with Crippen LogP contribution in [0.15, 0.2) is 0 Å². The van der Waals surface area contributed by atoms with E-state index in [1.807, 2.05) is 0 Å². The van der Waals surface area contributed by atoms with Gasteiger partial charge in [-0.25, -0.2) is 0 Å². The number of aliphatic hydroxyl groups is 1. The maximum atomic E-state index is 10.1. The zero-order chi connectivity index (χ0) is 11.1. The molecule has 0 atom stereocenters. The summed E-state index contributed by atoms with van der Waals surface area (Å²) in [5.41, 5.74) is -0.200. The summed E-state index contributed by atoms with van der Waals surface area (Å²) >= 11 is 0. The molecule has 15 heavy (non-hydrogen) atoms. The molecule has 0 aromatic rings. The third kappa shape index (κ3) is 2.51. The van der Waals surface area contributed by atoms with Crippen molar-refractivity contribution in [1.82, 2.24) is 0 Å². The Labute approximate surface area is 90.5 Å². The average Bonchev–Trinajstić information content (AvgIpc) is 1.96. The first-order valence-corrected chi connectivity index (χ1v) is 5.89. The minimum absolute atomic E-state index is 0.200. The van der Waals surface area contributed by atoms with E-state index in [0.717, 1.165) is 43.9 Å². The second kappa shape index (κ2) is 3.78. The van der Waals surface area contributed by atoms with Crippen molar-refractivity contribution in [2.75, 3.05) is 0 Å². The van der Waals surface area contributed by atoms with E-state index < -0.39 is 5.97 Å². The lowest BCUT2D eigenvalue weighted by atomic mass is 9.54. The molecular weight excluding hydrogens is 192 g/mol. The molecule has 0 heterocycles. The van der Waals surface area contributed by atoms with Crippen LogP contribution in [0.1, 0.15) is 45.4 Å². The number of aliphatic carboxylic acids is 1. The minimum Gasteiger partial charge on any atom is -0.481 e. The summed E-state index contributed by atoms with van der Waals surface area (Å²) in [6.07, 6.45) is 7.66. The Hall–Kier alpha value is -0.570. The molecule has 4 rings (SSSR count). The Bertz CT molecular complexity index is 220. The van der Waals surface area contributed by atoms with Crippen molar-refractivity contribution in [2.24, 2.45) is 17.8 Å². The highest BCUT2D eigenvalue weighted by Gasteiger charge is 2.49. The summed E-state index contributed by atoms with van der Waals surface area (Å²) in [6.45, 7) is 1.08. The van der Waals surface area contributed by atoms with E-state index in [4.69, 9.17) is 9.90 Å². The zero-order valence-corrected chi connectivity index (χ0v) is 9.28. The first kappa shape index (κ1) is 10.9. The van der Waals surface area contributed by atoms with Crippen molar-refractivity contribution in [3.8, 4) is 0 Å². The van der Waals surface area contributed by atoms with Crippen LogP contribution >= 0.6 is 0 Å². The molecule has 2 N–H and O–H groups in total. The lowest BCUT2D eigenvalue weighted by Gasteiger charge is -2.54. The summed E-state index contributed by atoms with van der Waals surface area (Å²) in [5.74, 6) is 1.85. The van der Waals surface area contributed by atoms with E-state index in [9.17, 15) is 5.11 Å². The molecule has 0 unspecified atom stereocenters. The van der Waals surface area contributed by atoms with Crippen molar-refractivity contribution in [3.05, 3.63) is 0 Å². The molecule has 0 aromatic carbocycles. The fourth-order valence-electron chi connectivity index (χ4n) is 4.06. The van der Waals surface area contributed by atoms with Crippen LogP contribution in [-0.2, 0) is 4.79 Å². The van der Waals surface area contributed by atoms with Gasteiger partial charge in [-0.1, -0.05) is 0 Å². The summed E-state index contributed by atoms with van der Waals surface area (Å²) < 4.78 is 0. The van der Waals surface area contributed by atoms with Crippen molar-refractivity contribution >= 4 is 5.97 Å². The van der Waals surface area contributed by atoms with Crippen molar-refractivity contribution < 1.29 is 15.0 Å². The molecule has 4 bridgehead atoms. The molecule has 0 radical (unpaired) electrons. The highest BCUT2D eigenvalue weighted by molar-refractivity contribution is 5.62. The van der Waals surface area contributed by atoms with E-state index >= 15 is 0 Å². The van der Waals surface area contributed by atoms with Gasteiger partial charge in [0.1, 0.15) is 0 Å². The normalized spacial score (nSPS) is 45.9. The van der Waals surface area contributed by atoms with Gasteiger partial charge in [-0.05, 0) is 56.3 Å². The van der Waals surface area contributed by atoms with Gasteiger partial charge in [-0.2, -0.15) is 0 Å². The molecule has 0 aromatic heterocycles. The lowest BCUT2D eigenvalue weighted by molar-refractivity contribution is -0.134. The number of carboxylic acids is 1. The SMILES string of the molecule is CC(=O)O.OC12CC3CC(CC(C3)C1)C2. The van der Waals surface area contributed by atoms with Crippen LogP contribution in [0, 0.1) is 17.8 Å². The Morgan fingerprint density at radius 1 is 1.07 bits per heavy atom. The van der Waals surface area contributed by atoms with Crippen LogP contribution in [0.3, 0.4) is 0 Å². The molecule has 4 saturated carbocycles. The maximum Gasteiger partial charge on any atom is 0.300 e. The molecule has 0 spiro atoms. The number of rotatable bonds is 0. The Kier molecular flexibility index (Phi) is 2.75. The van der Waals surface area contributed by atoms with Gasteiger partial charge in [0, 0.05) is 6.92 Å². The maximum absolute atomic E-state index is 10.1. The predicted molar refractivity (Wildman–Crippen MR) is 56.4 cm³/mol.